The Hall–Kier alpha value is -0.0800. The molecule has 2 heteroatoms. The van der Waals surface area contributed by atoms with Crippen LogP contribution in [0.2, 0.25) is 0 Å². The number of rotatable bonds is 6. The molecule has 0 aromatic heterocycles. The standard InChI is InChI=1S/C17H36N2/c1-7-11-18-15(2)17(5,6)14-19-12-8-9-16(3,4)10-13-19/h15,18H,7-14H2,1-6H3. The topological polar surface area (TPSA) is 15.3 Å². The van der Waals surface area contributed by atoms with Crippen molar-refractivity contribution in [1.29, 1.82) is 0 Å². The molecule has 2 nitrogen and oxygen atoms in total. The van der Waals surface area contributed by atoms with Crippen molar-refractivity contribution in [3.05, 3.63) is 0 Å². The molecular weight excluding hydrogens is 232 g/mol. The van der Waals surface area contributed by atoms with E-state index in [0.29, 0.717) is 16.9 Å². The van der Waals surface area contributed by atoms with E-state index >= 15 is 0 Å². The summed E-state index contributed by atoms with van der Waals surface area (Å²) in [6.45, 7) is 19.2. The third-order valence-corrected chi connectivity index (χ3v) is 4.94. The normalized spacial score (nSPS) is 23.1. The molecule has 0 bridgehead atoms. The van der Waals surface area contributed by atoms with Gasteiger partial charge in [-0.2, -0.15) is 0 Å². The Morgan fingerprint density at radius 2 is 1.89 bits per heavy atom. The first kappa shape index (κ1) is 17.0. The lowest BCUT2D eigenvalue weighted by atomic mass is 9.84. The third kappa shape index (κ3) is 5.83. The molecule has 1 N–H and O–H groups in total. The predicted molar refractivity (Wildman–Crippen MR) is 85.6 cm³/mol. The highest BCUT2D eigenvalue weighted by Crippen LogP contribution is 2.31. The van der Waals surface area contributed by atoms with Crippen molar-refractivity contribution >= 4 is 0 Å². The molecule has 0 amide bonds. The summed E-state index contributed by atoms with van der Waals surface area (Å²) in [5, 5.41) is 3.67. The molecule has 0 aromatic rings. The molecule has 1 atom stereocenters. The first-order valence-corrected chi connectivity index (χ1v) is 8.22. The van der Waals surface area contributed by atoms with Crippen LogP contribution in [-0.2, 0) is 0 Å². The maximum atomic E-state index is 3.67. The SMILES string of the molecule is CCCNC(C)C(C)(C)CN1CCCC(C)(C)CC1. The Labute approximate surface area is 121 Å². The zero-order valence-electron chi connectivity index (χ0n) is 14.2. The lowest BCUT2D eigenvalue weighted by Crippen LogP contribution is -2.47. The van der Waals surface area contributed by atoms with Crippen LogP contribution in [0.4, 0.5) is 0 Å². The van der Waals surface area contributed by atoms with E-state index in [1.54, 1.807) is 0 Å². The minimum atomic E-state index is 0.351. The smallest absolute Gasteiger partial charge is 0.0102 e. The molecule has 1 heterocycles. The van der Waals surface area contributed by atoms with Gasteiger partial charge in [-0.25, -0.2) is 0 Å². The van der Waals surface area contributed by atoms with E-state index in [1.807, 2.05) is 0 Å². The zero-order chi connectivity index (χ0) is 14.5. The maximum Gasteiger partial charge on any atom is 0.0102 e. The van der Waals surface area contributed by atoms with Gasteiger partial charge in [0.1, 0.15) is 0 Å². The average molecular weight is 268 g/mol. The van der Waals surface area contributed by atoms with Crippen LogP contribution in [0.5, 0.6) is 0 Å². The second kappa shape index (κ2) is 7.08. The molecule has 0 aromatic carbocycles. The molecule has 1 saturated heterocycles. The lowest BCUT2D eigenvalue weighted by Gasteiger charge is -2.37. The van der Waals surface area contributed by atoms with Gasteiger partial charge in [0.05, 0.1) is 0 Å². The van der Waals surface area contributed by atoms with Gasteiger partial charge in [-0.15, -0.1) is 0 Å². The van der Waals surface area contributed by atoms with Gasteiger partial charge in [0.25, 0.3) is 0 Å². The Balaban J connectivity index is 2.48. The molecule has 114 valence electrons. The van der Waals surface area contributed by atoms with Crippen LogP contribution in [0.1, 0.15) is 67.2 Å². The molecule has 1 rings (SSSR count). The van der Waals surface area contributed by atoms with Crippen molar-refractivity contribution in [3.8, 4) is 0 Å². The molecule has 1 fully saturated rings. The van der Waals surface area contributed by atoms with E-state index in [-0.39, 0.29) is 0 Å². The Bertz CT molecular complexity index is 258. The van der Waals surface area contributed by atoms with Crippen LogP contribution in [0.15, 0.2) is 0 Å². The highest BCUT2D eigenvalue weighted by atomic mass is 15.1. The maximum absolute atomic E-state index is 3.67. The summed E-state index contributed by atoms with van der Waals surface area (Å²) < 4.78 is 0. The van der Waals surface area contributed by atoms with Crippen LogP contribution in [0, 0.1) is 10.8 Å². The Morgan fingerprint density at radius 1 is 1.21 bits per heavy atom. The molecule has 0 spiro atoms. The Morgan fingerprint density at radius 3 is 2.53 bits per heavy atom. The molecule has 19 heavy (non-hydrogen) atoms. The number of likely N-dealkylation sites (tertiary alicyclic amines) is 1. The summed E-state index contributed by atoms with van der Waals surface area (Å²) in [5.41, 5.74) is 0.897. The average Bonchev–Trinajstić information content (AvgIpc) is 2.47. The van der Waals surface area contributed by atoms with Crippen molar-refractivity contribution < 1.29 is 0 Å². The first-order valence-electron chi connectivity index (χ1n) is 8.22. The van der Waals surface area contributed by atoms with Gasteiger partial charge in [-0.3, -0.25) is 0 Å². The minimum absolute atomic E-state index is 0.351. The second-order valence-electron chi connectivity index (χ2n) is 7.96. The van der Waals surface area contributed by atoms with Gasteiger partial charge in [0, 0.05) is 12.6 Å². The quantitative estimate of drug-likeness (QED) is 0.785. The van der Waals surface area contributed by atoms with Crippen molar-refractivity contribution in [1.82, 2.24) is 10.2 Å². The summed E-state index contributed by atoms with van der Waals surface area (Å²) in [6, 6.07) is 0.587. The van der Waals surface area contributed by atoms with Crippen molar-refractivity contribution in [2.24, 2.45) is 10.8 Å². The fourth-order valence-electron chi connectivity index (χ4n) is 2.99. The zero-order valence-corrected chi connectivity index (χ0v) is 14.2. The molecule has 1 aliphatic rings. The largest absolute Gasteiger partial charge is 0.314 e. The van der Waals surface area contributed by atoms with Crippen LogP contribution in [-0.4, -0.2) is 37.1 Å². The molecule has 0 radical (unpaired) electrons. The monoisotopic (exact) mass is 268 g/mol. The van der Waals surface area contributed by atoms with Crippen LogP contribution >= 0.6 is 0 Å². The lowest BCUT2D eigenvalue weighted by molar-refractivity contribution is 0.142. The van der Waals surface area contributed by atoms with E-state index in [9.17, 15) is 0 Å². The summed E-state index contributed by atoms with van der Waals surface area (Å²) in [7, 11) is 0. The summed E-state index contributed by atoms with van der Waals surface area (Å²) in [4.78, 5) is 2.69. The number of nitrogens with zero attached hydrogens (tertiary/aromatic N) is 1. The fraction of sp³-hybridized carbons (Fsp3) is 1.00. The molecule has 1 unspecified atom stereocenters. The van der Waals surface area contributed by atoms with Crippen molar-refractivity contribution in [2.75, 3.05) is 26.2 Å². The Kier molecular flexibility index (Phi) is 6.32. The van der Waals surface area contributed by atoms with Crippen molar-refractivity contribution in [2.45, 2.75) is 73.3 Å². The highest BCUT2D eigenvalue weighted by molar-refractivity contribution is 4.86. The van der Waals surface area contributed by atoms with Crippen LogP contribution in [0.25, 0.3) is 0 Å². The molecule has 1 aliphatic heterocycles. The van der Waals surface area contributed by atoms with Crippen LogP contribution in [0.3, 0.4) is 0 Å². The highest BCUT2D eigenvalue weighted by Gasteiger charge is 2.30. The first-order chi connectivity index (χ1) is 8.77. The van der Waals surface area contributed by atoms with Gasteiger partial charge >= 0.3 is 0 Å². The van der Waals surface area contributed by atoms with Gasteiger partial charge in [-0.1, -0.05) is 34.6 Å². The van der Waals surface area contributed by atoms with E-state index in [0.717, 1.165) is 6.54 Å². The van der Waals surface area contributed by atoms with Gasteiger partial charge in [0.2, 0.25) is 0 Å². The predicted octanol–water partition coefficient (Wildman–Crippen LogP) is 3.91. The summed E-state index contributed by atoms with van der Waals surface area (Å²) in [6.07, 6.45) is 5.31. The number of hydrogen-bond donors (Lipinski definition) is 1. The van der Waals surface area contributed by atoms with Gasteiger partial charge < -0.3 is 10.2 Å². The third-order valence-electron chi connectivity index (χ3n) is 4.94. The second-order valence-corrected chi connectivity index (χ2v) is 7.96. The van der Waals surface area contributed by atoms with E-state index in [2.05, 4.69) is 51.8 Å². The molecule has 0 aliphatic carbocycles. The molecular formula is C17H36N2. The van der Waals surface area contributed by atoms with E-state index < -0.39 is 0 Å². The van der Waals surface area contributed by atoms with E-state index in [4.69, 9.17) is 0 Å². The number of nitrogens with one attached hydrogen (secondary N) is 1. The minimum Gasteiger partial charge on any atom is -0.314 e. The fourth-order valence-corrected chi connectivity index (χ4v) is 2.99. The van der Waals surface area contributed by atoms with Crippen LogP contribution < -0.4 is 5.32 Å². The summed E-state index contributed by atoms with van der Waals surface area (Å²) >= 11 is 0. The number of hydrogen-bond acceptors (Lipinski definition) is 2. The molecule has 0 saturated carbocycles. The summed E-state index contributed by atoms with van der Waals surface area (Å²) in [5.74, 6) is 0. The van der Waals surface area contributed by atoms with Crippen molar-refractivity contribution in [3.63, 3.8) is 0 Å². The van der Waals surface area contributed by atoms with E-state index in [1.165, 1.54) is 45.3 Å². The van der Waals surface area contributed by atoms with Gasteiger partial charge in [0.15, 0.2) is 0 Å². The van der Waals surface area contributed by atoms with Gasteiger partial charge in [-0.05, 0) is 63.1 Å².